The molecule has 0 aromatic heterocycles. The summed E-state index contributed by atoms with van der Waals surface area (Å²) in [6.07, 6.45) is 0. The smallest absolute Gasteiger partial charge is 0.205 e. The number of nitriles is 2. The molecule has 1 aliphatic rings. The molecule has 1 aromatic carbocycles. The number of fused-ring (bicyclic) bond motifs is 1. The second kappa shape index (κ2) is 3.64. The maximum Gasteiger partial charge on any atom is 0.205 e. The topological polar surface area (TPSA) is 64.7 Å². The van der Waals surface area contributed by atoms with Crippen molar-refractivity contribution in [1.29, 1.82) is 10.5 Å². The standard InChI is InChI=1S/C11H2Cl2N2O/c12-8-2-1-5-9(10(8)13)6(3-14)7(4-15)11(5)16/h1-2H. The molecule has 0 bridgehead atoms. The van der Waals surface area contributed by atoms with E-state index in [0.29, 0.717) is 0 Å². The van der Waals surface area contributed by atoms with E-state index in [1.807, 2.05) is 6.07 Å². The highest BCUT2D eigenvalue weighted by molar-refractivity contribution is 6.45. The maximum atomic E-state index is 11.7. The van der Waals surface area contributed by atoms with Gasteiger partial charge in [0.25, 0.3) is 0 Å². The number of rotatable bonds is 0. The van der Waals surface area contributed by atoms with Crippen molar-refractivity contribution in [3.63, 3.8) is 0 Å². The Labute approximate surface area is 101 Å². The van der Waals surface area contributed by atoms with Crippen LogP contribution in [-0.2, 0) is 0 Å². The highest BCUT2D eigenvalue weighted by Gasteiger charge is 2.32. The Hall–Kier alpha value is -1.81. The fraction of sp³-hybridized carbons (Fsp3) is 0. The van der Waals surface area contributed by atoms with Gasteiger partial charge in [-0.25, -0.2) is 0 Å². The van der Waals surface area contributed by atoms with Crippen LogP contribution < -0.4 is 0 Å². The first-order chi connectivity index (χ1) is 7.61. The molecular weight excluding hydrogens is 247 g/mol. The first kappa shape index (κ1) is 10.7. The van der Waals surface area contributed by atoms with E-state index in [2.05, 4.69) is 0 Å². The normalized spacial score (nSPS) is 13.4. The number of benzene rings is 1. The molecule has 3 nitrogen and oxygen atoms in total. The number of hydrogen-bond donors (Lipinski definition) is 0. The van der Waals surface area contributed by atoms with E-state index in [1.54, 1.807) is 6.07 Å². The van der Waals surface area contributed by atoms with E-state index in [1.165, 1.54) is 12.1 Å². The summed E-state index contributed by atoms with van der Waals surface area (Å²) in [5.74, 6) is -0.479. The van der Waals surface area contributed by atoms with Gasteiger partial charge in [-0.2, -0.15) is 10.5 Å². The van der Waals surface area contributed by atoms with E-state index < -0.39 is 5.78 Å². The molecule has 0 saturated carbocycles. The Morgan fingerprint density at radius 3 is 2.25 bits per heavy atom. The van der Waals surface area contributed by atoms with Crippen LogP contribution in [0.25, 0.3) is 5.57 Å². The lowest BCUT2D eigenvalue weighted by Crippen LogP contribution is -1.96. The van der Waals surface area contributed by atoms with Crippen molar-refractivity contribution < 1.29 is 4.79 Å². The van der Waals surface area contributed by atoms with E-state index in [-0.39, 0.29) is 32.3 Å². The van der Waals surface area contributed by atoms with Gasteiger partial charge in [-0.05, 0) is 12.1 Å². The minimum Gasteiger partial charge on any atom is -0.288 e. The molecule has 0 atom stereocenters. The zero-order valence-electron chi connectivity index (χ0n) is 7.71. The summed E-state index contributed by atoms with van der Waals surface area (Å²) >= 11 is 11.7. The van der Waals surface area contributed by atoms with Gasteiger partial charge in [0.1, 0.15) is 17.7 Å². The Balaban J connectivity index is 2.88. The number of ketones is 1. The largest absolute Gasteiger partial charge is 0.288 e. The van der Waals surface area contributed by atoms with E-state index in [9.17, 15) is 4.79 Å². The second-order valence-electron chi connectivity index (χ2n) is 3.09. The van der Waals surface area contributed by atoms with Crippen molar-refractivity contribution in [3.8, 4) is 12.1 Å². The number of halogens is 2. The quantitative estimate of drug-likeness (QED) is 0.709. The molecule has 16 heavy (non-hydrogen) atoms. The molecule has 0 heterocycles. The lowest BCUT2D eigenvalue weighted by molar-refractivity contribution is 0.104. The monoisotopic (exact) mass is 248 g/mol. The lowest BCUT2D eigenvalue weighted by Gasteiger charge is -2.02. The summed E-state index contributed by atoms with van der Waals surface area (Å²) in [5.41, 5.74) is 0.331. The second-order valence-corrected chi connectivity index (χ2v) is 3.87. The molecule has 0 fully saturated rings. The summed E-state index contributed by atoms with van der Waals surface area (Å²) in [6, 6.07) is 6.46. The molecule has 5 heteroatoms. The molecule has 0 saturated heterocycles. The molecule has 1 aliphatic carbocycles. The van der Waals surface area contributed by atoms with Crippen molar-refractivity contribution in [2.75, 3.05) is 0 Å². The van der Waals surface area contributed by atoms with Crippen LogP contribution in [0, 0.1) is 22.7 Å². The fourth-order valence-electron chi connectivity index (χ4n) is 1.58. The first-order valence-corrected chi connectivity index (χ1v) is 4.95. The van der Waals surface area contributed by atoms with Gasteiger partial charge >= 0.3 is 0 Å². The molecule has 76 valence electrons. The minimum atomic E-state index is -0.479. The SMILES string of the molecule is N#CC1=C(C#N)c2c(ccc(Cl)c2Cl)C1=O. The molecule has 1 aromatic rings. The van der Waals surface area contributed by atoms with E-state index in [4.69, 9.17) is 33.7 Å². The molecular formula is C11H2Cl2N2O. The summed E-state index contributed by atoms with van der Waals surface area (Å²) in [4.78, 5) is 11.7. The van der Waals surface area contributed by atoms with Crippen LogP contribution >= 0.6 is 23.2 Å². The molecule has 0 radical (unpaired) electrons. The van der Waals surface area contributed by atoms with Gasteiger partial charge in [0.15, 0.2) is 0 Å². The third-order valence-corrected chi connectivity index (χ3v) is 3.09. The minimum absolute atomic E-state index is 0.00463. The van der Waals surface area contributed by atoms with Crippen molar-refractivity contribution in [2.45, 2.75) is 0 Å². The summed E-state index contributed by atoms with van der Waals surface area (Å²) in [5, 5.41) is 18.1. The number of carbonyl (C=O) groups is 1. The zero-order chi connectivity index (χ0) is 11.9. The highest BCUT2D eigenvalue weighted by atomic mass is 35.5. The van der Waals surface area contributed by atoms with Crippen LogP contribution in [0.4, 0.5) is 0 Å². The van der Waals surface area contributed by atoms with Crippen LogP contribution in [-0.4, -0.2) is 5.78 Å². The van der Waals surface area contributed by atoms with Crippen molar-refractivity contribution in [3.05, 3.63) is 38.9 Å². The van der Waals surface area contributed by atoms with Crippen LogP contribution in [0.3, 0.4) is 0 Å². The van der Waals surface area contributed by atoms with Crippen LogP contribution in [0.15, 0.2) is 17.7 Å². The van der Waals surface area contributed by atoms with Crippen molar-refractivity contribution in [1.82, 2.24) is 0 Å². The summed E-state index contributed by atoms with van der Waals surface area (Å²) < 4.78 is 0. The number of allylic oxidation sites excluding steroid dienone is 2. The van der Waals surface area contributed by atoms with Crippen LogP contribution in [0.1, 0.15) is 15.9 Å². The summed E-state index contributed by atoms with van der Waals surface area (Å²) in [7, 11) is 0. The summed E-state index contributed by atoms with van der Waals surface area (Å²) in [6.45, 7) is 0. The Morgan fingerprint density at radius 2 is 1.69 bits per heavy atom. The van der Waals surface area contributed by atoms with Gasteiger partial charge in [0.2, 0.25) is 5.78 Å². The van der Waals surface area contributed by atoms with E-state index >= 15 is 0 Å². The molecule has 0 amide bonds. The highest BCUT2D eigenvalue weighted by Crippen LogP contribution is 2.40. The van der Waals surface area contributed by atoms with Crippen molar-refractivity contribution >= 4 is 34.6 Å². The Morgan fingerprint density at radius 1 is 1.06 bits per heavy atom. The molecule has 0 unspecified atom stereocenters. The number of carbonyl (C=O) groups excluding carboxylic acids is 1. The average Bonchev–Trinajstić information content (AvgIpc) is 2.56. The van der Waals surface area contributed by atoms with Gasteiger partial charge < -0.3 is 0 Å². The van der Waals surface area contributed by atoms with E-state index in [0.717, 1.165) is 0 Å². The van der Waals surface area contributed by atoms with Gasteiger partial charge in [0, 0.05) is 11.1 Å². The fourth-order valence-corrected chi connectivity index (χ4v) is 1.99. The zero-order valence-corrected chi connectivity index (χ0v) is 9.23. The van der Waals surface area contributed by atoms with Gasteiger partial charge in [-0.3, -0.25) is 4.79 Å². The lowest BCUT2D eigenvalue weighted by atomic mass is 10.1. The number of Topliss-reactive ketones (excluding diaryl/α,β-unsaturated/α-hetero) is 1. The molecule has 0 N–H and O–H groups in total. The maximum absolute atomic E-state index is 11.7. The average molecular weight is 249 g/mol. The first-order valence-electron chi connectivity index (χ1n) is 4.19. The molecule has 0 aliphatic heterocycles. The van der Waals surface area contributed by atoms with Crippen molar-refractivity contribution in [2.24, 2.45) is 0 Å². The van der Waals surface area contributed by atoms with Gasteiger partial charge in [-0.15, -0.1) is 0 Å². The van der Waals surface area contributed by atoms with Crippen LogP contribution in [0.2, 0.25) is 10.0 Å². The number of hydrogen-bond acceptors (Lipinski definition) is 3. The van der Waals surface area contributed by atoms with Gasteiger partial charge in [0.05, 0.1) is 15.6 Å². The third kappa shape index (κ3) is 1.23. The molecule has 0 spiro atoms. The predicted octanol–water partition coefficient (Wildman–Crippen LogP) is 2.99. The van der Waals surface area contributed by atoms with Gasteiger partial charge in [-0.1, -0.05) is 23.2 Å². The Bertz CT molecular complexity index is 633. The molecule has 2 rings (SSSR count). The van der Waals surface area contributed by atoms with Crippen LogP contribution in [0.5, 0.6) is 0 Å². The predicted molar refractivity (Wildman–Crippen MR) is 58.9 cm³/mol. The number of nitrogens with zero attached hydrogens (tertiary/aromatic N) is 2. The Kier molecular flexibility index (Phi) is 2.44. The third-order valence-electron chi connectivity index (χ3n) is 2.29.